The smallest absolute Gasteiger partial charge is 0.266 e. The van der Waals surface area contributed by atoms with Crippen molar-refractivity contribution in [3.63, 3.8) is 0 Å². The highest BCUT2D eigenvalue weighted by atomic mass is 16.1. The molecule has 0 bridgehead atoms. The maximum atomic E-state index is 11.6. The van der Waals surface area contributed by atoms with Crippen molar-refractivity contribution in [3.8, 4) is 11.3 Å². The molecule has 0 amide bonds. The number of aromatic amines is 1. The molecule has 18 heavy (non-hydrogen) atoms. The van der Waals surface area contributed by atoms with E-state index in [9.17, 15) is 4.79 Å². The molecule has 0 saturated carbocycles. The van der Waals surface area contributed by atoms with Crippen LogP contribution >= 0.6 is 0 Å². The predicted molar refractivity (Wildman–Crippen MR) is 68.5 cm³/mol. The van der Waals surface area contributed by atoms with Gasteiger partial charge in [0.25, 0.3) is 5.56 Å². The van der Waals surface area contributed by atoms with Crippen molar-refractivity contribution >= 4 is 5.52 Å². The minimum absolute atomic E-state index is 0.236. The lowest BCUT2D eigenvalue weighted by molar-refractivity contribution is 0.848. The van der Waals surface area contributed by atoms with Crippen molar-refractivity contribution in [1.82, 2.24) is 19.8 Å². The third-order valence-electron chi connectivity index (χ3n) is 3.10. The molecule has 0 radical (unpaired) electrons. The number of rotatable bonds is 1. The summed E-state index contributed by atoms with van der Waals surface area (Å²) in [7, 11) is 0. The molecule has 0 unspecified atom stereocenters. The van der Waals surface area contributed by atoms with Crippen LogP contribution < -0.4 is 5.56 Å². The first-order valence-corrected chi connectivity index (χ1v) is 5.66. The molecular weight excluding hydrogens is 228 g/mol. The van der Waals surface area contributed by atoms with E-state index < -0.39 is 0 Å². The van der Waals surface area contributed by atoms with Crippen molar-refractivity contribution in [1.29, 1.82) is 0 Å². The zero-order chi connectivity index (χ0) is 12.7. The molecule has 0 aliphatic rings. The second-order valence-electron chi connectivity index (χ2n) is 4.34. The van der Waals surface area contributed by atoms with Gasteiger partial charge in [-0.2, -0.15) is 10.2 Å². The Labute approximate surface area is 103 Å². The van der Waals surface area contributed by atoms with Crippen LogP contribution in [0.2, 0.25) is 0 Å². The fraction of sp³-hybridized carbons (Fsp3) is 0.154. The van der Waals surface area contributed by atoms with Gasteiger partial charge in [-0.1, -0.05) is 12.1 Å². The quantitative estimate of drug-likeness (QED) is 0.704. The zero-order valence-electron chi connectivity index (χ0n) is 10.1. The minimum atomic E-state index is -0.236. The molecule has 90 valence electrons. The summed E-state index contributed by atoms with van der Waals surface area (Å²) in [5.74, 6) is 0. The number of benzene rings is 1. The largest absolute Gasteiger partial charge is 0.290 e. The molecular formula is C13H12N4O. The number of H-pyrrole nitrogens is 1. The predicted octanol–water partition coefficient (Wildman–Crippen LogP) is 1.70. The molecule has 3 rings (SSSR count). The molecule has 5 heteroatoms. The molecule has 0 saturated heterocycles. The third kappa shape index (κ3) is 1.60. The first kappa shape index (κ1) is 10.7. The summed E-state index contributed by atoms with van der Waals surface area (Å²) in [5, 5.41) is 10.5. The number of hydrogen-bond donors (Lipinski definition) is 1. The number of nitrogens with one attached hydrogen (secondary N) is 1. The van der Waals surface area contributed by atoms with Crippen LogP contribution in [0.5, 0.6) is 0 Å². The molecule has 0 spiro atoms. The van der Waals surface area contributed by atoms with Crippen molar-refractivity contribution in [2.24, 2.45) is 0 Å². The van der Waals surface area contributed by atoms with E-state index in [1.807, 2.05) is 6.07 Å². The van der Waals surface area contributed by atoms with Gasteiger partial charge in [-0.3, -0.25) is 4.79 Å². The molecule has 0 aliphatic carbocycles. The first-order valence-electron chi connectivity index (χ1n) is 5.66. The normalized spacial score (nSPS) is 11.0. The molecule has 2 aromatic heterocycles. The van der Waals surface area contributed by atoms with Gasteiger partial charge in [0.1, 0.15) is 11.8 Å². The summed E-state index contributed by atoms with van der Waals surface area (Å²) in [4.78, 5) is 11.6. The summed E-state index contributed by atoms with van der Waals surface area (Å²) in [6, 6.07) is 7.90. The maximum Gasteiger partial charge on any atom is 0.290 e. The van der Waals surface area contributed by atoms with Crippen LogP contribution in [-0.2, 0) is 0 Å². The first-order chi connectivity index (χ1) is 8.65. The Hall–Kier alpha value is -2.43. The van der Waals surface area contributed by atoms with E-state index in [0.717, 1.165) is 11.3 Å². The standard InChI is InChI=1S/C13H12N4O/c1-8-3-4-10(5-9(8)2)11-6-12-13(18)15-14-7-17(12)16-11/h3-7H,1-2H3,(H,15,18). The Balaban J connectivity index is 2.22. The minimum Gasteiger partial charge on any atom is -0.266 e. The SMILES string of the molecule is Cc1ccc(-c2cc3c(=O)[nH]ncn3n2)cc1C. The molecule has 1 aromatic carbocycles. The lowest BCUT2D eigenvalue weighted by Crippen LogP contribution is -2.10. The highest BCUT2D eigenvalue weighted by Gasteiger charge is 2.07. The second-order valence-corrected chi connectivity index (χ2v) is 4.34. The molecule has 3 aromatic rings. The Kier molecular flexibility index (Phi) is 2.26. The summed E-state index contributed by atoms with van der Waals surface area (Å²) in [5.41, 5.74) is 4.48. The van der Waals surface area contributed by atoms with Gasteiger partial charge in [0.05, 0.1) is 5.69 Å². The number of nitrogens with zero attached hydrogens (tertiary/aromatic N) is 3. The lowest BCUT2D eigenvalue weighted by Gasteiger charge is -2.01. The van der Waals surface area contributed by atoms with Crippen LogP contribution in [0.4, 0.5) is 0 Å². The average molecular weight is 240 g/mol. The van der Waals surface area contributed by atoms with E-state index in [2.05, 4.69) is 41.3 Å². The molecule has 2 heterocycles. The number of aryl methyl sites for hydroxylation is 2. The van der Waals surface area contributed by atoms with Crippen LogP contribution in [0, 0.1) is 13.8 Å². The topological polar surface area (TPSA) is 63.0 Å². The molecule has 0 atom stereocenters. The third-order valence-corrected chi connectivity index (χ3v) is 3.10. The van der Waals surface area contributed by atoms with Crippen LogP contribution in [0.15, 0.2) is 35.4 Å². The van der Waals surface area contributed by atoms with Crippen molar-refractivity contribution in [2.75, 3.05) is 0 Å². The van der Waals surface area contributed by atoms with Gasteiger partial charge in [0.2, 0.25) is 0 Å². The fourth-order valence-electron chi connectivity index (χ4n) is 1.89. The molecule has 0 aliphatic heterocycles. The fourth-order valence-corrected chi connectivity index (χ4v) is 1.89. The van der Waals surface area contributed by atoms with E-state index in [1.54, 1.807) is 6.07 Å². The number of hydrogen-bond acceptors (Lipinski definition) is 3. The lowest BCUT2D eigenvalue weighted by atomic mass is 10.0. The Morgan fingerprint density at radius 2 is 2.00 bits per heavy atom. The van der Waals surface area contributed by atoms with Crippen molar-refractivity contribution < 1.29 is 0 Å². The molecule has 1 N–H and O–H groups in total. The van der Waals surface area contributed by atoms with Gasteiger partial charge in [-0.25, -0.2) is 9.61 Å². The van der Waals surface area contributed by atoms with Crippen LogP contribution in [-0.4, -0.2) is 19.8 Å². The van der Waals surface area contributed by atoms with Gasteiger partial charge in [-0.05, 0) is 37.1 Å². The zero-order valence-corrected chi connectivity index (χ0v) is 10.1. The van der Waals surface area contributed by atoms with E-state index in [0.29, 0.717) is 5.52 Å². The summed E-state index contributed by atoms with van der Waals surface area (Å²) in [6.07, 6.45) is 1.49. The van der Waals surface area contributed by atoms with Gasteiger partial charge in [0, 0.05) is 5.56 Å². The highest BCUT2D eigenvalue weighted by molar-refractivity contribution is 5.66. The van der Waals surface area contributed by atoms with E-state index in [4.69, 9.17) is 0 Å². The van der Waals surface area contributed by atoms with Crippen LogP contribution in [0.25, 0.3) is 16.8 Å². The van der Waals surface area contributed by atoms with Gasteiger partial charge < -0.3 is 0 Å². The summed E-state index contributed by atoms with van der Waals surface area (Å²) >= 11 is 0. The maximum absolute atomic E-state index is 11.6. The number of fused-ring (bicyclic) bond motifs is 1. The Bertz CT molecular complexity index is 785. The van der Waals surface area contributed by atoms with Gasteiger partial charge in [-0.15, -0.1) is 0 Å². The van der Waals surface area contributed by atoms with Gasteiger partial charge >= 0.3 is 0 Å². The van der Waals surface area contributed by atoms with Crippen molar-refractivity contribution in [3.05, 3.63) is 52.1 Å². The van der Waals surface area contributed by atoms with E-state index in [-0.39, 0.29) is 5.56 Å². The average Bonchev–Trinajstić information content (AvgIpc) is 2.78. The number of aromatic nitrogens is 4. The van der Waals surface area contributed by atoms with E-state index in [1.165, 1.54) is 22.0 Å². The van der Waals surface area contributed by atoms with Crippen molar-refractivity contribution in [2.45, 2.75) is 13.8 Å². The Morgan fingerprint density at radius 1 is 1.17 bits per heavy atom. The Morgan fingerprint density at radius 3 is 2.72 bits per heavy atom. The monoisotopic (exact) mass is 240 g/mol. The highest BCUT2D eigenvalue weighted by Crippen LogP contribution is 2.21. The second kappa shape index (κ2) is 3.80. The van der Waals surface area contributed by atoms with Crippen LogP contribution in [0.3, 0.4) is 0 Å². The molecule has 0 fully saturated rings. The summed E-state index contributed by atoms with van der Waals surface area (Å²) in [6.45, 7) is 4.13. The summed E-state index contributed by atoms with van der Waals surface area (Å²) < 4.78 is 1.49. The molecule has 5 nitrogen and oxygen atoms in total. The van der Waals surface area contributed by atoms with Crippen LogP contribution in [0.1, 0.15) is 11.1 Å². The van der Waals surface area contributed by atoms with Gasteiger partial charge in [0.15, 0.2) is 0 Å². The van der Waals surface area contributed by atoms with E-state index >= 15 is 0 Å².